The monoisotopic (exact) mass is 472 g/mol. The number of nitrogens with zero attached hydrogens (tertiary/aromatic N) is 3. The number of rotatable bonds is 6. The maximum atomic E-state index is 13.3. The number of nitrogens with one attached hydrogen (secondary N) is 1. The fraction of sp³-hybridized carbons (Fsp3) is 0.120. The highest BCUT2D eigenvalue weighted by Crippen LogP contribution is 2.35. The molecule has 0 unspecified atom stereocenters. The van der Waals surface area contributed by atoms with E-state index in [4.69, 9.17) is 14.0 Å². The molecule has 170 valence electrons. The summed E-state index contributed by atoms with van der Waals surface area (Å²) in [5, 5.41) is 9.80. The van der Waals surface area contributed by atoms with Crippen LogP contribution in [0.5, 0.6) is 11.5 Å². The van der Waals surface area contributed by atoms with E-state index in [1.54, 1.807) is 33.3 Å². The molecule has 2 aromatic carbocycles. The number of amides is 1. The second-order valence-corrected chi connectivity index (χ2v) is 8.29. The van der Waals surface area contributed by atoms with Crippen molar-refractivity contribution in [1.29, 1.82) is 0 Å². The summed E-state index contributed by atoms with van der Waals surface area (Å²) in [7, 11) is 3.19. The van der Waals surface area contributed by atoms with Crippen LogP contribution in [0.25, 0.3) is 33.6 Å². The quantitative estimate of drug-likeness (QED) is 0.344. The molecular weight excluding hydrogens is 452 g/mol. The number of benzene rings is 2. The molecule has 34 heavy (non-hydrogen) atoms. The number of aromatic nitrogens is 3. The van der Waals surface area contributed by atoms with E-state index < -0.39 is 0 Å². The van der Waals surface area contributed by atoms with Crippen molar-refractivity contribution in [3.8, 4) is 34.0 Å². The highest BCUT2D eigenvalue weighted by molar-refractivity contribution is 7.14. The minimum Gasteiger partial charge on any atom is -0.497 e. The molecule has 0 radical (unpaired) electrons. The van der Waals surface area contributed by atoms with Crippen molar-refractivity contribution in [1.82, 2.24) is 15.1 Å². The van der Waals surface area contributed by atoms with Gasteiger partial charge in [-0.25, -0.2) is 9.97 Å². The molecule has 5 rings (SSSR count). The Morgan fingerprint density at radius 2 is 1.82 bits per heavy atom. The molecule has 0 aliphatic carbocycles. The van der Waals surface area contributed by atoms with Crippen LogP contribution in [0, 0.1) is 6.92 Å². The lowest BCUT2D eigenvalue weighted by atomic mass is 10.1. The lowest BCUT2D eigenvalue weighted by molar-refractivity contribution is 0.102. The van der Waals surface area contributed by atoms with Crippen LogP contribution in [-0.2, 0) is 0 Å². The molecule has 0 aliphatic rings. The summed E-state index contributed by atoms with van der Waals surface area (Å²) in [4.78, 5) is 22.5. The predicted molar refractivity (Wildman–Crippen MR) is 131 cm³/mol. The molecule has 0 fully saturated rings. The van der Waals surface area contributed by atoms with E-state index in [-0.39, 0.29) is 5.91 Å². The highest BCUT2D eigenvalue weighted by atomic mass is 32.1. The Hall–Kier alpha value is -4.24. The van der Waals surface area contributed by atoms with Crippen molar-refractivity contribution < 1.29 is 18.8 Å². The maximum absolute atomic E-state index is 13.3. The van der Waals surface area contributed by atoms with Crippen molar-refractivity contribution in [2.45, 2.75) is 6.92 Å². The molecule has 0 atom stereocenters. The molecule has 0 saturated heterocycles. The molecule has 1 N–H and O–H groups in total. The van der Waals surface area contributed by atoms with Gasteiger partial charge in [0.2, 0.25) is 0 Å². The van der Waals surface area contributed by atoms with E-state index in [2.05, 4.69) is 20.4 Å². The zero-order chi connectivity index (χ0) is 23.7. The fourth-order valence-electron chi connectivity index (χ4n) is 3.66. The Balaban J connectivity index is 1.48. The number of carbonyl (C=O) groups is 1. The Morgan fingerprint density at radius 3 is 2.59 bits per heavy atom. The van der Waals surface area contributed by atoms with Crippen LogP contribution < -0.4 is 14.8 Å². The van der Waals surface area contributed by atoms with Crippen molar-refractivity contribution in [3.05, 3.63) is 71.2 Å². The van der Waals surface area contributed by atoms with E-state index in [1.165, 1.54) is 11.3 Å². The topological polar surface area (TPSA) is 99.4 Å². The zero-order valence-corrected chi connectivity index (χ0v) is 19.5. The van der Waals surface area contributed by atoms with Gasteiger partial charge in [0.15, 0.2) is 5.13 Å². The number of aryl methyl sites for hydroxylation is 1. The largest absolute Gasteiger partial charge is 0.497 e. The van der Waals surface area contributed by atoms with Gasteiger partial charge in [-0.3, -0.25) is 10.1 Å². The Morgan fingerprint density at radius 1 is 1.00 bits per heavy atom. The van der Waals surface area contributed by atoms with Crippen LogP contribution in [-0.4, -0.2) is 35.3 Å². The van der Waals surface area contributed by atoms with Gasteiger partial charge in [0.25, 0.3) is 11.6 Å². The molecule has 0 spiro atoms. The van der Waals surface area contributed by atoms with Crippen LogP contribution >= 0.6 is 11.3 Å². The fourth-order valence-corrected chi connectivity index (χ4v) is 4.37. The summed E-state index contributed by atoms with van der Waals surface area (Å²) >= 11 is 1.32. The number of methoxy groups -OCH3 is 2. The van der Waals surface area contributed by atoms with Gasteiger partial charge < -0.3 is 14.0 Å². The van der Waals surface area contributed by atoms with Gasteiger partial charge in [0.1, 0.15) is 11.5 Å². The first-order chi connectivity index (χ1) is 16.6. The van der Waals surface area contributed by atoms with Crippen LogP contribution in [0.2, 0.25) is 0 Å². The number of pyridine rings is 1. The standard InChI is InChI=1S/C25H20N4O4S/c1-14-22-18(12-19(26-24(22)33-29-14)15-7-5-4-6-8-15)23(30)28-25-27-20(13-34-25)17-10-9-16(31-2)11-21(17)32-3/h4-13H,1-3H3,(H,27,28,30). The third-order valence-corrected chi connectivity index (χ3v) is 6.10. The molecule has 3 heterocycles. The second-order valence-electron chi connectivity index (χ2n) is 7.43. The first-order valence-corrected chi connectivity index (χ1v) is 11.3. The molecular formula is C25H20N4O4S. The summed E-state index contributed by atoms with van der Waals surface area (Å²) in [5.41, 5.74) is 4.30. The average molecular weight is 473 g/mol. The van der Waals surface area contributed by atoms with E-state index in [1.807, 2.05) is 47.8 Å². The molecule has 3 aromatic heterocycles. The van der Waals surface area contributed by atoms with Crippen LogP contribution in [0.1, 0.15) is 16.1 Å². The lowest BCUT2D eigenvalue weighted by Crippen LogP contribution is -2.13. The second kappa shape index (κ2) is 8.95. The van der Waals surface area contributed by atoms with Gasteiger partial charge >= 0.3 is 0 Å². The number of anilines is 1. The first kappa shape index (κ1) is 21.6. The summed E-state index contributed by atoms with van der Waals surface area (Å²) < 4.78 is 16.1. The number of thiazole rings is 1. The van der Waals surface area contributed by atoms with Crippen LogP contribution in [0.3, 0.4) is 0 Å². The molecule has 0 bridgehead atoms. The Labute approximate surface area is 199 Å². The van der Waals surface area contributed by atoms with Crippen LogP contribution in [0.15, 0.2) is 64.5 Å². The van der Waals surface area contributed by atoms with Gasteiger partial charge in [-0.15, -0.1) is 11.3 Å². The molecule has 0 saturated carbocycles. The van der Waals surface area contributed by atoms with E-state index in [9.17, 15) is 4.79 Å². The van der Waals surface area contributed by atoms with Crippen molar-refractivity contribution >= 4 is 33.5 Å². The number of fused-ring (bicyclic) bond motifs is 1. The first-order valence-electron chi connectivity index (χ1n) is 10.4. The normalized spacial score (nSPS) is 10.9. The Bertz CT molecular complexity index is 1490. The molecule has 9 heteroatoms. The third kappa shape index (κ3) is 3.97. The summed E-state index contributed by atoms with van der Waals surface area (Å²) in [5.74, 6) is 0.994. The summed E-state index contributed by atoms with van der Waals surface area (Å²) in [6.07, 6.45) is 0. The third-order valence-electron chi connectivity index (χ3n) is 5.34. The van der Waals surface area contributed by atoms with Crippen molar-refractivity contribution in [2.75, 3.05) is 19.5 Å². The molecule has 1 amide bonds. The summed E-state index contributed by atoms with van der Waals surface area (Å²) in [6, 6.07) is 16.8. The van der Waals surface area contributed by atoms with E-state index in [0.29, 0.717) is 50.4 Å². The minimum absolute atomic E-state index is 0.312. The highest BCUT2D eigenvalue weighted by Gasteiger charge is 2.21. The molecule has 0 aliphatic heterocycles. The summed E-state index contributed by atoms with van der Waals surface area (Å²) in [6.45, 7) is 1.78. The number of hydrogen-bond donors (Lipinski definition) is 1. The van der Waals surface area contributed by atoms with Gasteiger partial charge in [-0.1, -0.05) is 35.5 Å². The number of carbonyl (C=O) groups excluding carboxylic acids is 1. The zero-order valence-electron chi connectivity index (χ0n) is 18.7. The van der Waals surface area contributed by atoms with Gasteiger partial charge in [-0.05, 0) is 25.1 Å². The molecule has 8 nitrogen and oxygen atoms in total. The number of hydrogen-bond acceptors (Lipinski definition) is 8. The van der Waals surface area contributed by atoms with Gasteiger partial charge in [-0.2, -0.15) is 0 Å². The minimum atomic E-state index is -0.321. The predicted octanol–water partition coefficient (Wildman–Crippen LogP) is 5.59. The maximum Gasteiger partial charge on any atom is 0.259 e. The van der Waals surface area contributed by atoms with E-state index in [0.717, 1.165) is 11.1 Å². The van der Waals surface area contributed by atoms with Crippen molar-refractivity contribution in [2.24, 2.45) is 0 Å². The SMILES string of the molecule is COc1ccc(-c2csc(NC(=O)c3cc(-c4ccccc4)nc4onc(C)c34)n2)c(OC)c1. The van der Waals surface area contributed by atoms with Crippen molar-refractivity contribution in [3.63, 3.8) is 0 Å². The smallest absolute Gasteiger partial charge is 0.259 e. The number of ether oxygens (including phenoxy) is 2. The average Bonchev–Trinajstić information content (AvgIpc) is 3.50. The Kier molecular flexibility index (Phi) is 5.69. The van der Waals surface area contributed by atoms with Crippen LogP contribution in [0.4, 0.5) is 5.13 Å². The van der Waals surface area contributed by atoms with Gasteiger partial charge in [0, 0.05) is 22.6 Å². The lowest BCUT2D eigenvalue weighted by Gasteiger charge is -2.08. The molecule has 5 aromatic rings. The van der Waals surface area contributed by atoms with E-state index >= 15 is 0 Å². The van der Waals surface area contributed by atoms with Gasteiger partial charge in [0.05, 0.1) is 42.3 Å².